The Morgan fingerprint density at radius 1 is 1.16 bits per heavy atom. The highest BCUT2D eigenvalue weighted by atomic mass is 16.5. The molecule has 0 N–H and O–H groups in total. The van der Waals surface area contributed by atoms with Gasteiger partial charge in [0.15, 0.2) is 5.76 Å². The van der Waals surface area contributed by atoms with Crippen LogP contribution in [0.1, 0.15) is 23.2 Å². The Morgan fingerprint density at radius 3 is 2.68 bits per heavy atom. The molecule has 1 aromatic carbocycles. The summed E-state index contributed by atoms with van der Waals surface area (Å²) in [7, 11) is 2.15. The number of likely N-dealkylation sites (N-methyl/N-ethyl adjacent to an activating group) is 1. The molecule has 4 rings (SSSR count). The van der Waals surface area contributed by atoms with Crippen molar-refractivity contribution in [1.82, 2.24) is 15.0 Å². The molecule has 2 fully saturated rings. The molecule has 1 spiro atoms. The third kappa shape index (κ3) is 2.96. The molecule has 2 saturated heterocycles. The van der Waals surface area contributed by atoms with Crippen molar-refractivity contribution in [3.8, 4) is 11.3 Å². The van der Waals surface area contributed by atoms with Crippen LogP contribution in [0, 0.1) is 0 Å². The van der Waals surface area contributed by atoms with E-state index in [1.54, 1.807) is 6.20 Å². The molecule has 25 heavy (non-hydrogen) atoms. The van der Waals surface area contributed by atoms with Crippen LogP contribution in [-0.2, 0) is 4.74 Å². The van der Waals surface area contributed by atoms with Gasteiger partial charge in [0.05, 0.1) is 6.20 Å². The van der Waals surface area contributed by atoms with Gasteiger partial charge in [-0.1, -0.05) is 35.5 Å². The minimum Gasteiger partial charge on any atom is -0.381 e. The van der Waals surface area contributed by atoms with Gasteiger partial charge in [0.1, 0.15) is 5.56 Å². The van der Waals surface area contributed by atoms with Crippen LogP contribution in [0.4, 0.5) is 0 Å². The number of benzene rings is 1. The lowest BCUT2D eigenvalue weighted by atomic mass is 9.85. The van der Waals surface area contributed by atoms with Gasteiger partial charge < -0.3 is 14.2 Å². The van der Waals surface area contributed by atoms with Crippen molar-refractivity contribution < 1.29 is 14.1 Å². The third-order valence-electron chi connectivity index (χ3n) is 5.55. The van der Waals surface area contributed by atoms with Crippen molar-refractivity contribution in [1.29, 1.82) is 0 Å². The molecule has 0 saturated carbocycles. The fraction of sp³-hybridized carbons (Fsp3) is 0.474. The van der Waals surface area contributed by atoms with Gasteiger partial charge in [-0.3, -0.25) is 9.69 Å². The number of ether oxygens (including phenoxy) is 1. The molecule has 3 heterocycles. The first kappa shape index (κ1) is 16.3. The number of carbonyl (C=O) groups excluding carboxylic acids is 1. The summed E-state index contributed by atoms with van der Waals surface area (Å²) in [5.41, 5.74) is 1.44. The van der Waals surface area contributed by atoms with Crippen LogP contribution in [0.2, 0.25) is 0 Å². The first-order valence-corrected chi connectivity index (χ1v) is 8.78. The van der Waals surface area contributed by atoms with E-state index in [1.165, 1.54) is 0 Å². The fourth-order valence-corrected chi connectivity index (χ4v) is 3.89. The van der Waals surface area contributed by atoms with Crippen LogP contribution in [-0.4, -0.2) is 66.3 Å². The largest absolute Gasteiger partial charge is 0.381 e. The molecular formula is C19H23N3O3. The molecule has 1 amide bonds. The van der Waals surface area contributed by atoms with Gasteiger partial charge >= 0.3 is 0 Å². The fourth-order valence-electron chi connectivity index (χ4n) is 3.89. The zero-order valence-electron chi connectivity index (χ0n) is 14.5. The van der Waals surface area contributed by atoms with Gasteiger partial charge in [-0.2, -0.15) is 0 Å². The topological polar surface area (TPSA) is 58.8 Å². The van der Waals surface area contributed by atoms with Crippen molar-refractivity contribution in [2.24, 2.45) is 0 Å². The third-order valence-corrected chi connectivity index (χ3v) is 5.55. The predicted octanol–water partition coefficient (Wildman–Crippen LogP) is 2.28. The molecule has 0 unspecified atom stereocenters. The summed E-state index contributed by atoms with van der Waals surface area (Å²) in [5.74, 6) is 0.546. The number of carbonyl (C=O) groups is 1. The van der Waals surface area contributed by atoms with E-state index in [2.05, 4.69) is 17.1 Å². The number of rotatable bonds is 2. The van der Waals surface area contributed by atoms with Crippen molar-refractivity contribution in [2.45, 2.75) is 18.4 Å². The Hall–Kier alpha value is -2.18. The van der Waals surface area contributed by atoms with Crippen LogP contribution in [0.25, 0.3) is 11.3 Å². The highest BCUT2D eigenvalue weighted by Crippen LogP contribution is 2.32. The molecule has 2 aliphatic rings. The summed E-state index contributed by atoms with van der Waals surface area (Å²) in [6, 6.07) is 9.66. The molecule has 2 aromatic rings. The summed E-state index contributed by atoms with van der Waals surface area (Å²) in [6.07, 6.45) is 3.46. The molecule has 2 aliphatic heterocycles. The maximum Gasteiger partial charge on any atom is 0.259 e. The molecule has 0 radical (unpaired) electrons. The summed E-state index contributed by atoms with van der Waals surface area (Å²) in [6.45, 7) is 3.84. The predicted molar refractivity (Wildman–Crippen MR) is 93.3 cm³/mol. The maximum atomic E-state index is 13.2. The smallest absolute Gasteiger partial charge is 0.259 e. The zero-order valence-corrected chi connectivity index (χ0v) is 14.5. The van der Waals surface area contributed by atoms with Gasteiger partial charge in [-0.25, -0.2) is 0 Å². The monoisotopic (exact) mass is 341 g/mol. The average Bonchev–Trinajstić information content (AvgIpc) is 3.15. The number of hydrogen-bond donors (Lipinski definition) is 0. The van der Waals surface area contributed by atoms with E-state index in [0.717, 1.165) is 51.3 Å². The summed E-state index contributed by atoms with van der Waals surface area (Å²) in [4.78, 5) is 17.5. The summed E-state index contributed by atoms with van der Waals surface area (Å²) >= 11 is 0. The zero-order chi connectivity index (χ0) is 17.3. The minimum atomic E-state index is -0.000861. The number of hydrogen-bond acceptors (Lipinski definition) is 5. The second-order valence-corrected chi connectivity index (χ2v) is 6.92. The normalized spacial score (nSPS) is 20.8. The molecule has 132 valence electrons. The van der Waals surface area contributed by atoms with E-state index in [4.69, 9.17) is 9.26 Å². The highest BCUT2D eigenvalue weighted by Gasteiger charge is 2.42. The van der Waals surface area contributed by atoms with Crippen LogP contribution >= 0.6 is 0 Å². The first-order chi connectivity index (χ1) is 12.2. The van der Waals surface area contributed by atoms with Gasteiger partial charge in [-0.05, 0) is 19.9 Å². The molecule has 6 heteroatoms. The van der Waals surface area contributed by atoms with Gasteiger partial charge in [0.2, 0.25) is 0 Å². The van der Waals surface area contributed by atoms with Crippen LogP contribution in [0.5, 0.6) is 0 Å². The molecule has 0 aliphatic carbocycles. The number of nitrogens with zero attached hydrogens (tertiary/aromatic N) is 3. The molecular weight excluding hydrogens is 318 g/mol. The lowest BCUT2D eigenvalue weighted by Gasteiger charge is -2.51. The Morgan fingerprint density at radius 2 is 1.92 bits per heavy atom. The van der Waals surface area contributed by atoms with Crippen LogP contribution in [0.3, 0.4) is 0 Å². The Labute approximate surface area is 147 Å². The number of piperazine rings is 1. The summed E-state index contributed by atoms with van der Waals surface area (Å²) < 4.78 is 10.9. The molecule has 0 bridgehead atoms. The van der Waals surface area contributed by atoms with Gasteiger partial charge in [-0.15, -0.1) is 0 Å². The molecule has 0 atom stereocenters. The quantitative estimate of drug-likeness (QED) is 0.839. The number of amides is 1. The standard InChI is InChI=1S/C19H23N3O3/c1-21-9-10-22(14-19(21)7-11-24-12-8-19)18(23)16-13-20-25-17(16)15-5-3-2-4-6-15/h2-6,13H,7-12,14H2,1H3. The van der Waals surface area contributed by atoms with E-state index < -0.39 is 0 Å². The van der Waals surface area contributed by atoms with Gasteiger partial charge in [0.25, 0.3) is 5.91 Å². The number of aromatic nitrogens is 1. The Kier molecular flexibility index (Phi) is 4.31. The van der Waals surface area contributed by atoms with Crippen molar-refractivity contribution in [3.63, 3.8) is 0 Å². The van der Waals surface area contributed by atoms with E-state index in [-0.39, 0.29) is 11.4 Å². The minimum absolute atomic E-state index is 0.000861. The van der Waals surface area contributed by atoms with Crippen molar-refractivity contribution in [3.05, 3.63) is 42.1 Å². The summed E-state index contributed by atoms with van der Waals surface area (Å²) in [5, 5.41) is 3.88. The lowest BCUT2D eigenvalue weighted by molar-refractivity contribution is -0.0543. The van der Waals surface area contributed by atoms with E-state index in [9.17, 15) is 4.79 Å². The van der Waals surface area contributed by atoms with E-state index in [1.807, 2.05) is 35.2 Å². The van der Waals surface area contributed by atoms with Crippen LogP contribution in [0.15, 0.2) is 41.1 Å². The van der Waals surface area contributed by atoms with Crippen LogP contribution < -0.4 is 0 Å². The second kappa shape index (κ2) is 6.61. The first-order valence-electron chi connectivity index (χ1n) is 8.78. The van der Waals surface area contributed by atoms with E-state index in [0.29, 0.717) is 11.3 Å². The van der Waals surface area contributed by atoms with Crippen molar-refractivity contribution in [2.75, 3.05) is 39.9 Å². The lowest BCUT2D eigenvalue weighted by Crippen LogP contribution is -2.63. The average molecular weight is 341 g/mol. The molecule has 6 nitrogen and oxygen atoms in total. The second-order valence-electron chi connectivity index (χ2n) is 6.92. The van der Waals surface area contributed by atoms with Crippen molar-refractivity contribution >= 4 is 5.91 Å². The van der Waals surface area contributed by atoms with Gasteiger partial charge in [0, 0.05) is 44.0 Å². The molecule has 1 aromatic heterocycles. The highest BCUT2D eigenvalue weighted by molar-refractivity contribution is 5.99. The van der Waals surface area contributed by atoms with E-state index >= 15 is 0 Å². The maximum absolute atomic E-state index is 13.2. The SMILES string of the molecule is CN1CCN(C(=O)c2cnoc2-c2ccccc2)CC12CCOCC2. The Bertz CT molecular complexity index is 737. The Balaban J connectivity index is 1.59.